The van der Waals surface area contributed by atoms with Gasteiger partial charge in [-0.1, -0.05) is 12.1 Å². The predicted octanol–water partition coefficient (Wildman–Crippen LogP) is 2.69. The number of aromatic nitrogens is 4. The van der Waals surface area contributed by atoms with Crippen molar-refractivity contribution in [2.45, 2.75) is 24.8 Å². The highest BCUT2D eigenvalue weighted by molar-refractivity contribution is 6.00. The van der Waals surface area contributed by atoms with Gasteiger partial charge in [0.1, 0.15) is 6.04 Å². The molecule has 2 aliphatic rings. The number of hydrogen-bond donors (Lipinski definition) is 2. The van der Waals surface area contributed by atoms with Gasteiger partial charge in [0.15, 0.2) is 17.3 Å². The van der Waals surface area contributed by atoms with Crippen LogP contribution >= 0.6 is 0 Å². The number of carbonyl (C=O) groups is 1. The maximum atomic E-state index is 13.4. The van der Waals surface area contributed by atoms with Crippen LogP contribution in [0.5, 0.6) is 11.5 Å². The van der Waals surface area contributed by atoms with E-state index in [1.165, 1.54) is 0 Å². The molecule has 1 aliphatic carbocycles. The van der Waals surface area contributed by atoms with Crippen molar-refractivity contribution < 1.29 is 14.3 Å². The summed E-state index contributed by atoms with van der Waals surface area (Å²) in [6, 6.07) is 9.15. The highest BCUT2D eigenvalue weighted by Crippen LogP contribution is 2.45. The zero-order valence-electron chi connectivity index (χ0n) is 17.2. The Kier molecular flexibility index (Phi) is 4.58. The molecule has 2 atom stereocenters. The highest BCUT2D eigenvalue weighted by Gasteiger charge is 2.39. The summed E-state index contributed by atoms with van der Waals surface area (Å²) in [7, 11) is 3.21. The number of Topliss-reactive ketones (excluding diaryl/α,β-unsaturated/α-hetero) is 1. The maximum absolute atomic E-state index is 13.4. The molecule has 2 aromatic heterocycles. The Morgan fingerprint density at radius 2 is 1.97 bits per heavy atom. The van der Waals surface area contributed by atoms with E-state index in [1.54, 1.807) is 31.3 Å². The molecule has 1 aliphatic heterocycles. The molecule has 3 aromatic rings. The van der Waals surface area contributed by atoms with Crippen molar-refractivity contribution >= 4 is 17.7 Å². The molecule has 3 N–H and O–H groups in total. The third-order valence-electron chi connectivity index (χ3n) is 5.82. The van der Waals surface area contributed by atoms with E-state index in [4.69, 9.17) is 15.2 Å². The molecule has 2 unspecified atom stereocenters. The van der Waals surface area contributed by atoms with E-state index in [-0.39, 0.29) is 17.6 Å². The number of rotatable bonds is 4. The number of ketones is 1. The number of nitrogens with one attached hydrogen (secondary N) is 1. The van der Waals surface area contributed by atoms with Crippen LogP contribution in [0.4, 0.5) is 11.9 Å². The van der Waals surface area contributed by atoms with E-state index in [9.17, 15) is 4.79 Å². The number of nitrogens with zero attached hydrogens (tertiary/aromatic N) is 4. The number of nitrogen functional groups attached to an aromatic ring is 1. The van der Waals surface area contributed by atoms with Crippen LogP contribution in [0, 0.1) is 0 Å². The van der Waals surface area contributed by atoms with Crippen molar-refractivity contribution in [2.24, 2.45) is 0 Å². The Bertz CT molecular complexity index is 1190. The van der Waals surface area contributed by atoms with Crippen LogP contribution in [0.1, 0.15) is 35.9 Å². The van der Waals surface area contributed by atoms with Crippen molar-refractivity contribution in [3.63, 3.8) is 0 Å². The lowest BCUT2D eigenvalue weighted by Crippen LogP contribution is -2.33. The van der Waals surface area contributed by atoms with Gasteiger partial charge in [0.2, 0.25) is 11.9 Å². The van der Waals surface area contributed by atoms with Crippen LogP contribution in [0.3, 0.4) is 0 Å². The third kappa shape index (κ3) is 3.18. The van der Waals surface area contributed by atoms with Crippen LogP contribution in [-0.4, -0.2) is 39.8 Å². The first-order valence-electron chi connectivity index (χ1n) is 9.96. The van der Waals surface area contributed by atoms with Crippen LogP contribution in [0.15, 0.2) is 54.0 Å². The van der Waals surface area contributed by atoms with Crippen molar-refractivity contribution in [3.8, 4) is 11.5 Å². The van der Waals surface area contributed by atoms with E-state index in [2.05, 4.69) is 20.4 Å². The average molecular weight is 418 g/mol. The van der Waals surface area contributed by atoms with Gasteiger partial charge in [-0.05, 0) is 41.7 Å². The second-order valence-corrected chi connectivity index (χ2v) is 7.59. The van der Waals surface area contributed by atoms with Gasteiger partial charge in [0, 0.05) is 30.1 Å². The fourth-order valence-corrected chi connectivity index (χ4v) is 4.42. The largest absolute Gasteiger partial charge is 0.493 e. The summed E-state index contributed by atoms with van der Waals surface area (Å²) in [4.78, 5) is 22.0. The van der Waals surface area contributed by atoms with Gasteiger partial charge >= 0.3 is 0 Å². The Labute approximate surface area is 178 Å². The van der Waals surface area contributed by atoms with Gasteiger partial charge in [0.05, 0.1) is 14.2 Å². The molecule has 0 saturated heterocycles. The summed E-state index contributed by atoms with van der Waals surface area (Å²) < 4.78 is 12.5. The summed E-state index contributed by atoms with van der Waals surface area (Å²) >= 11 is 0. The first-order chi connectivity index (χ1) is 15.1. The molecule has 9 heteroatoms. The molecule has 31 heavy (non-hydrogen) atoms. The summed E-state index contributed by atoms with van der Waals surface area (Å²) in [5.41, 5.74) is 9.27. The minimum absolute atomic E-state index is 0.0000714. The highest BCUT2D eigenvalue weighted by atomic mass is 16.5. The second kappa shape index (κ2) is 7.42. The van der Waals surface area contributed by atoms with Crippen LogP contribution in [-0.2, 0) is 4.79 Å². The fourth-order valence-electron chi connectivity index (χ4n) is 4.42. The summed E-state index contributed by atoms with van der Waals surface area (Å²) in [5, 5.41) is 7.62. The summed E-state index contributed by atoms with van der Waals surface area (Å²) in [6.07, 6.45) is 4.48. The van der Waals surface area contributed by atoms with E-state index in [1.807, 2.05) is 30.3 Å². The van der Waals surface area contributed by atoms with Crippen molar-refractivity contribution in [1.82, 2.24) is 19.7 Å². The van der Waals surface area contributed by atoms with Crippen molar-refractivity contribution in [3.05, 3.63) is 65.1 Å². The normalized spacial score (nSPS) is 20.0. The van der Waals surface area contributed by atoms with Gasteiger partial charge in [-0.2, -0.15) is 4.98 Å². The zero-order valence-corrected chi connectivity index (χ0v) is 17.2. The minimum Gasteiger partial charge on any atom is -0.493 e. The van der Waals surface area contributed by atoms with Gasteiger partial charge in [-0.25, -0.2) is 4.68 Å². The number of nitrogens with two attached hydrogens (primary N) is 1. The number of fused-ring (bicyclic) bond motifs is 1. The number of hydrogen-bond acceptors (Lipinski definition) is 8. The predicted molar refractivity (Wildman–Crippen MR) is 114 cm³/mol. The van der Waals surface area contributed by atoms with Gasteiger partial charge < -0.3 is 20.5 Å². The Morgan fingerprint density at radius 3 is 2.71 bits per heavy atom. The van der Waals surface area contributed by atoms with E-state index in [0.717, 1.165) is 16.8 Å². The molecule has 3 heterocycles. The Morgan fingerprint density at radius 1 is 1.13 bits per heavy atom. The Balaban J connectivity index is 1.57. The number of methoxy groups -OCH3 is 2. The average Bonchev–Trinajstić information content (AvgIpc) is 3.17. The molecule has 1 aromatic carbocycles. The molecule has 0 spiro atoms. The topological polar surface area (TPSA) is 117 Å². The third-order valence-corrected chi connectivity index (χ3v) is 5.82. The van der Waals surface area contributed by atoms with Crippen LogP contribution in [0.25, 0.3) is 0 Å². The Hall–Kier alpha value is -3.88. The lowest BCUT2D eigenvalue weighted by atomic mass is 9.78. The first-order valence-corrected chi connectivity index (χ1v) is 9.96. The van der Waals surface area contributed by atoms with Crippen molar-refractivity contribution in [2.75, 3.05) is 25.3 Å². The number of anilines is 2. The minimum atomic E-state index is -0.413. The molecular formula is C22H22N6O3. The SMILES string of the molecule is COc1ccc(C2CC(=O)C3=C(C2)Nc2nc(N)nn2C3c2cccnc2)cc1OC. The molecule has 0 bridgehead atoms. The zero-order chi connectivity index (χ0) is 21.5. The number of pyridine rings is 1. The lowest BCUT2D eigenvalue weighted by molar-refractivity contribution is -0.116. The summed E-state index contributed by atoms with van der Waals surface area (Å²) in [5.74, 6) is 2.03. The molecule has 0 radical (unpaired) electrons. The quantitative estimate of drug-likeness (QED) is 0.664. The van der Waals surface area contributed by atoms with E-state index >= 15 is 0 Å². The summed E-state index contributed by atoms with van der Waals surface area (Å²) in [6.45, 7) is 0. The fraction of sp³-hybridized carbons (Fsp3) is 0.273. The van der Waals surface area contributed by atoms with E-state index < -0.39 is 6.04 Å². The smallest absolute Gasteiger partial charge is 0.241 e. The molecular weight excluding hydrogens is 396 g/mol. The first kappa shape index (κ1) is 19.1. The van der Waals surface area contributed by atoms with Crippen LogP contribution in [0.2, 0.25) is 0 Å². The second-order valence-electron chi connectivity index (χ2n) is 7.59. The lowest BCUT2D eigenvalue weighted by Gasteiger charge is -2.35. The number of carbonyl (C=O) groups excluding carboxylic acids is 1. The molecule has 0 saturated carbocycles. The number of ether oxygens (including phenoxy) is 2. The molecule has 0 amide bonds. The molecule has 158 valence electrons. The van der Waals surface area contributed by atoms with Crippen LogP contribution < -0.4 is 20.5 Å². The van der Waals surface area contributed by atoms with Gasteiger partial charge in [-0.3, -0.25) is 9.78 Å². The maximum Gasteiger partial charge on any atom is 0.241 e. The van der Waals surface area contributed by atoms with Gasteiger partial charge in [0.25, 0.3) is 0 Å². The van der Waals surface area contributed by atoms with Gasteiger partial charge in [-0.15, -0.1) is 5.10 Å². The molecule has 9 nitrogen and oxygen atoms in total. The number of allylic oxidation sites excluding steroid dienone is 2. The monoisotopic (exact) mass is 418 g/mol. The molecule has 0 fully saturated rings. The number of benzene rings is 1. The molecule has 5 rings (SSSR count). The standard InChI is InChI=1S/C22H22N6O3/c1-30-17-6-5-12(10-18(17)31-2)14-8-15-19(16(29)9-14)20(13-4-3-7-24-11-13)28-22(25-15)26-21(23)27-28/h3-7,10-11,14,20H,8-9H2,1-2H3,(H3,23,25,26,27). The van der Waals surface area contributed by atoms with Crippen molar-refractivity contribution in [1.29, 1.82) is 0 Å². The van der Waals surface area contributed by atoms with E-state index in [0.29, 0.717) is 35.9 Å².